The van der Waals surface area contributed by atoms with Crippen molar-refractivity contribution in [2.75, 3.05) is 7.11 Å². The van der Waals surface area contributed by atoms with Crippen molar-refractivity contribution in [2.45, 2.75) is 12.5 Å². The van der Waals surface area contributed by atoms with Gasteiger partial charge in [0.1, 0.15) is 0 Å². The van der Waals surface area contributed by atoms with Gasteiger partial charge in [0.25, 0.3) is 0 Å². The third-order valence-corrected chi connectivity index (χ3v) is 2.12. The Balaban J connectivity index is 3.06. The Morgan fingerprint density at radius 1 is 1.71 bits per heavy atom. The van der Waals surface area contributed by atoms with E-state index in [9.17, 15) is 9.18 Å². The van der Waals surface area contributed by atoms with Crippen LogP contribution < -0.4 is 4.74 Å². The van der Waals surface area contributed by atoms with E-state index in [2.05, 4.69) is 10.0 Å². The van der Waals surface area contributed by atoms with E-state index in [0.29, 0.717) is 5.56 Å². The number of carboxylic acids is 1. The number of aliphatic carboxylic acids is 1. The van der Waals surface area contributed by atoms with Crippen molar-refractivity contribution < 1.29 is 19.0 Å². The summed E-state index contributed by atoms with van der Waals surface area (Å²) in [6.45, 7) is 0. The average molecular weight is 239 g/mol. The zero-order chi connectivity index (χ0) is 12.8. The van der Waals surface area contributed by atoms with Gasteiger partial charge in [-0.25, -0.2) is 4.39 Å². The normalized spacial score (nSPS) is 11.4. The van der Waals surface area contributed by atoms with Crippen molar-refractivity contribution in [3.8, 4) is 5.75 Å². The molecular weight excluding hydrogens is 229 g/mol. The molecule has 7 heteroatoms. The predicted octanol–water partition coefficient (Wildman–Crippen LogP) is 2.66. The number of carbonyl (C=O) groups is 1. The van der Waals surface area contributed by atoms with E-state index in [4.69, 9.17) is 15.4 Å². The van der Waals surface area contributed by atoms with Gasteiger partial charge >= 0.3 is 5.97 Å². The molecule has 1 atom stereocenters. The Morgan fingerprint density at radius 3 is 2.88 bits per heavy atom. The van der Waals surface area contributed by atoms with Gasteiger partial charge in [0.15, 0.2) is 11.6 Å². The lowest BCUT2D eigenvalue weighted by atomic mass is 10.0. The SMILES string of the molecule is COc1ccc(C(CC(=O)O)N=[N+]=[N-])cc1F. The molecule has 0 saturated heterocycles. The van der Waals surface area contributed by atoms with E-state index in [0.717, 1.165) is 6.07 Å². The molecule has 1 aromatic carbocycles. The molecule has 1 N–H and O–H groups in total. The molecule has 0 heterocycles. The molecule has 0 spiro atoms. The Bertz CT molecular complexity index is 472. The lowest BCUT2D eigenvalue weighted by molar-refractivity contribution is -0.137. The minimum absolute atomic E-state index is 0.0452. The number of ether oxygens (including phenoxy) is 1. The summed E-state index contributed by atoms with van der Waals surface area (Å²) in [7, 11) is 1.32. The maximum Gasteiger partial charge on any atom is 0.304 e. The highest BCUT2D eigenvalue weighted by Gasteiger charge is 2.15. The quantitative estimate of drug-likeness (QED) is 0.486. The van der Waals surface area contributed by atoms with Crippen LogP contribution >= 0.6 is 0 Å². The lowest BCUT2D eigenvalue weighted by Crippen LogP contribution is -2.04. The second-order valence-corrected chi connectivity index (χ2v) is 3.21. The fourth-order valence-corrected chi connectivity index (χ4v) is 1.34. The van der Waals surface area contributed by atoms with Crippen LogP contribution in [0, 0.1) is 5.82 Å². The number of hydrogen-bond acceptors (Lipinski definition) is 3. The molecule has 0 saturated carbocycles. The molecule has 0 aliphatic carbocycles. The van der Waals surface area contributed by atoms with Crippen molar-refractivity contribution in [1.82, 2.24) is 0 Å². The summed E-state index contributed by atoms with van der Waals surface area (Å²) in [5.74, 6) is -1.71. The van der Waals surface area contributed by atoms with E-state index in [1.54, 1.807) is 0 Å². The zero-order valence-electron chi connectivity index (χ0n) is 9.00. The molecular formula is C10H10FN3O3. The molecule has 1 aromatic rings. The van der Waals surface area contributed by atoms with E-state index in [-0.39, 0.29) is 5.75 Å². The smallest absolute Gasteiger partial charge is 0.304 e. The fraction of sp³-hybridized carbons (Fsp3) is 0.300. The molecule has 0 aliphatic rings. The molecule has 1 unspecified atom stereocenters. The first kappa shape index (κ1) is 12.8. The molecule has 1 rings (SSSR count). The van der Waals surface area contributed by atoms with E-state index in [1.165, 1.54) is 19.2 Å². The summed E-state index contributed by atoms with van der Waals surface area (Å²) in [5.41, 5.74) is 8.62. The lowest BCUT2D eigenvalue weighted by Gasteiger charge is -2.10. The maximum atomic E-state index is 13.4. The highest BCUT2D eigenvalue weighted by Crippen LogP contribution is 2.26. The largest absolute Gasteiger partial charge is 0.494 e. The van der Waals surface area contributed by atoms with E-state index < -0.39 is 24.2 Å². The summed E-state index contributed by atoms with van der Waals surface area (Å²) in [6, 6.07) is 2.98. The van der Waals surface area contributed by atoms with Crippen LogP contribution in [0.3, 0.4) is 0 Å². The molecule has 0 radical (unpaired) electrons. The second kappa shape index (κ2) is 5.72. The molecule has 0 amide bonds. The number of methoxy groups -OCH3 is 1. The van der Waals surface area contributed by atoms with Gasteiger partial charge in [-0.05, 0) is 23.2 Å². The summed E-state index contributed by atoms with van der Waals surface area (Å²) in [5, 5.41) is 12.0. The van der Waals surface area contributed by atoms with Crippen LogP contribution in [0.2, 0.25) is 0 Å². The third kappa shape index (κ3) is 3.35. The first-order valence-electron chi connectivity index (χ1n) is 4.68. The standard InChI is InChI=1S/C10H10FN3O3/c1-17-9-3-2-6(4-7(9)11)8(13-14-12)5-10(15)16/h2-4,8H,5H2,1H3,(H,15,16). The molecule has 6 nitrogen and oxygen atoms in total. The van der Waals surface area contributed by atoms with Crippen LogP contribution in [0.15, 0.2) is 23.3 Å². The van der Waals surface area contributed by atoms with E-state index in [1.807, 2.05) is 0 Å². The van der Waals surface area contributed by atoms with Crippen molar-refractivity contribution in [2.24, 2.45) is 5.11 Å². The van der Waals surface area contributed by atoms with Gasteiger partial charge in [0.2, 0.25) is 0 Å². The molecule has 0 aromatic heterocycles. The highest BCUT2D eigenvalue weighted by atomic mass is 19.1. The summed E-state index contributed by atoms with van der Waals surface area (Å²) in [4.78, 5) is 13.1. The monoisotopic (exact) mass is 239 g/mol. The van der Waals surface area contributed by atoms with Crippen LogP contribution in [0.25, 0.3) is 10.4 Å². The Labute approximate surface area is 96.3 Å². The Hall–Kier alpha value is -2.27. The molecule has 0 bridgehead atoms. The van der Waals surface area contributed by atoms with Gasteiger partial charge in [0.05, 0.1) is 19.6 Å². The van der Waals surface area contributed by atoms with Gasteiger partial charge in [0, 0.05) is 4.91 Å². The summed E-state index contributed by atoms with van der Waals surface area (Å²) >= 11 is 0. The number of azide groups is 1. The number of nitrogens with zero attached hydrogens (tertiary/aromatic N) is 3. The van der Waals surface area contributed by atoms with Gasteiger partial charge in [-0.3, -0.25) is 4.79 Å². The number of halogens is 1. The number of benzene rings is 1. The fourth-order valence-electron chi connectivity index (χ4n) is 1.34. The summed E-state index contributed by atoms with van der Waals surface area (Å²) in [6.07, 6.45) is -0.393. The van der Waals surface area contributed by atoms with Gasteiger partial charge in [-0.15, -0.1) is 0 Å². The Kier molecular flexibility index (Phi) is 4.30. The third-order valence-electron chi connectivity index (χ3n) is 2.12. The predicted molar refractivity (Wildman–Crippen MR) is 57.1 cm³/mol. The van der Waals surface area contributed by atoms with Crippen LogP contribution in [0.1, 0.15) is 18.0 Å². The first-order valence-corrected chi connectivity index (χ1v) is 4.68. The topological polar surface area (TPSA) is 95.3 Å². The van der Waals surface area contributed by atoms with E-state index >= 15 is 0 Å². The van der Waals surface area contributed by atoms with Crippen LogP contribution in [0.4, 0.5) is 4.39 Å². The molecule has 0 aliphatic heterocycles. The number of rotatable bonds is 5. The highest BCUT2D eigenvalue weighted by molar-refractivity contribution is 5.68. The van der Waals surface area contributed by atoms with Crippen LogP contribution in [-0.2, 0) is 4.79 Å². The number of hydrogen-bond donors (Lipinski definition) is 1. The van der Waals surface area contributed by atoms with Gasteiger partial charge in [-0.1, -0.05) is 11.2 Å². The second-order valence-electron chi connectivity index (χ2n) is 3.21. The van der Waals surface area contributed by atoms with Crippen LogP contribution in [-0.4, -0.2) is 18.2 Å². The molecule has 0 fully saturated rings. The van der Waals surface area contributed by atoms with Crippen molar-refractivity contribution in [3.05, 3.63) is 40.0 Å². The maximum absolute atomic E-state index is 13.4. The molecule has 90 valence electrons. The Morgan fingerprint density at radius 2 is 2.41 bits per heavy atom. The van der Waals surface area contributed by atoms with Gasteiger partial charge in [-0.2, -0.15) is 0 Å². The number of carboxylic acid groups (broad SMARTS) is 1. The van der Waals surface area contributed by atoms with Crippen molar-refractivity contribution in [1.29, 1.82) is 0 Å². The molecule has 17 heavy (non-hydrogen) atoms. The summed E-state index contributed by atoms with van der Waals surface area (Å²) < 4.78 is 18.1. The van der Waals surface area contributed by atoms with Gasteiger partial charge < -0.3 is 9.84 Å². The minimum Gasteiger partial charge on any atom is -0.494 e. The minimum atomic E-state index is -1.13. The average Bonchev–Trinajstić information content (AvgIpc) is 2.28. The first-order chi connectivity index (χ1) is 8.08. The van der Waals surface area contributed by atoms with Crippen molar-refractivity contribution in [3.63, 3.8) is 0 Å². The van der Waals surface area contributed by atoms with Crippen molar-refractivity contribution >= 4 is 5.97 Å². The zero-order valence-corrected chi connectivity index (χ0v) is 9.00. The van der Waals surface area contributed by atoms with Crippen LogP contribution in [0.5, 0.6) is 5.75 Å².